The summed E-state index contributed by atoms with van der Waals surface area (Å²) in [6.45, 7) is 4.95. The molecule has 1 aromatic rings. The Labute approximate surface area is 605 Å². The number of nitrogens with two attached hydrogens (primary N) is 2. The molecule has 5 aliphatic heterocycles. The highest BCUT2D eigenvalue weighted by Gasteiger charge is 2.41. The number of carbonyl (C=O) groups excluding carboxylic acids is 10. The van der Waals surface area contributed by atoms with Gasteiger partial charge in [0, 0.05) is 143 Å². The first-order chi connectivity index (χ1) is 49.3. The number of carboxylic acid groups (broad SMARTS) is 1. The van der Waals surface area contributed by atoms with Crippen molar-refractivity contribution >= 4 is 107 Å². The van der Waals surface area contributed by atoms with Gasteiger partial charge in [0.2, 0.25) is 5.91 Å². The number of nitrogens with one attached hydrogen (secondary N) is 7. The number of benzene rings is 1. The number of aliphatic imine (C=N–C) groups is 2. The number of Topliss-reactive ketones (excluding diaryl/α,β-unsaturated/α-hetero) is 2. The van der Waals surface area contributed by atoms with E-state index in [2.05, 4.69) is 47.2 Å². The molecule has 570 valence electrons. The third-order valence-corrected chi connectivity index (χ3v) is 21.2. The smallest absolute Gasteiger partial charge is 0.319 e. The lowest BCUT2D eigenvalue weighted by molar-refractivity contribution is -0.148. The van der Waals surface area contributed by atoms with Gasteiger partial charge in [-0.3, -0.25) is 67.5 Å². The molecule has 12 N–H and O–H groups in total. The molecule has 8 atom stereocenters. The van der Waals surface area contributed by atoms with Crippen molar-refractivity contribution in [3.63, 3.8) is 0 Å². The average molecular weight is 1470 g/mol. The number of methoxy groups -OCH3 is 2. The number of aliphatic carboxylic acids is 1. The number of thioether (sulfide) groups is 2. The Morgan fingerprint density at radius 2 is 1.01 bits per heavy atom. The molecule has 0 saturated carbocycles. The van der Waals surface area contributed by atoms with Gasteiger partial charge in [-0.2, -0.15) is 23.5 Å². The first-order valence-electron chi connectivity index (χ1n) is 35.4. The number of ketones is 2. The van der Waals surface area contributed by atoms with Gasteiger partial charge in [0.15, 0.2) is 11.9 Å². The van der Waals surface area contributed by atoms with Gasteiger partial charge in [0.1, 0.15) is 25.0 Å². The lowest BCUT2D eigenvalue weighted by Gasteiger charge is -2.33. The van der Waals surface area contributed by atoms with E-state index in [1.807, 2.05) is 38.2 Å². The van der Waals surface area contributed by atoms with Crippen molar-refractivity contribution in [2.24, 2.45) is 33.3 Å². The highest BCUT2D eigenvalue weighted by Crippen LogP contribution is 2.36. The summed E-state index contributed by atoms with van der Waals surface area (Å²) in [5, 5.41) is 30.7. The minimum absolute atomic E-state index is 0.0114. The summed E-state index contributed by atoms with van der Waals surface area (Å²) in [4.78, 5) is 156. The zero-order valence-corrected chi connectivity index (χ0v) is 60.6. The monoisotopic (exact) mass is 1470 g/mol. The lowest BCUT2D eigenvalue weighted by Crippen LogP contribution is -2.49. The van der Waals surface area contributed by atoms with Crippen LogP contribution < -0.4 is 48.7 Å². The van der Waals surface area contributed by atoms with E-state index in [1.54, 1.807) is 4.90 Å². The normalized spacial score (nSPS) is 20.8. The molecule has 33 nitrogen and oxygen atoms in total. The SMILES string of the molecule is COC(=O)[C@H](CCCCNC(=O)c1cc(NC(=O)NCCOCCOCCNC(=O)CN2CCN(COC=O)CCN(COC=O)CCN(CC(=O)O)CC2)cc(C(=O)NCCCC[C@H](CC(=O)CCCC[C@@H]2SC[C@@H]3NC(N)=N[C@@H]32)C(=O)OC)c1)CC(=O)CCCC[C@@H]1SC[C@@H]2NC(N)=N[C@@H]21. The van der Waals surface area contributed by atoms with Crippen LogP contribution in [0.4, 0.5) is 10.5 Å². The largest absolute Gasteiger partial charge is 0.480 e. The van der Waals surface area contributed by atoms with E-state index in [0.717, 1.165) is 37.2 Å². The fourth-order valence-corrected chi connectivity index (χ4v) is 15.8. The van der Waals surface area contributed by atoms with Crippen LogP contribution in [0.25, 0.3) is 0 Å². The third kappa shape index (κ3) is 31.3. The van der Waals surface area contributed by atoms with Crippen LogP contribution in [0.5, 0.6) is 0 Å². The molecule has 0 radical (unpaired) electrons. The molecule has 0 bridgehead atoms. The first-order valence-corrected chi connectivity index (χ1v) is 37.5. The van der Waals surface area contributed by atoms with Gasteiger partial charge in [-0.15, -0.1) is 0 Å². The van der Waals surface area contributed by atoms with E-state index in [1.165, 1.54) is 32.4 Å². The second-order valence-corrected chi connectivity index (χ2v) is 28.4. The topological polar surface area (TPSA) is 437 Å². The summed E-state index contributed by atoms with van der Waals surface area (Å²) >= 11 is 3.74. The number of unbranched alkanes of at least 4 members (excludes halogenated alkanes) is 4. The minimum atomic E-state index is -1.00. The number of esters is 2. The summed E-state index contributed by atoms with van der Waals surface area (Å²) in [5.41, 5.74) is 12.1. The number of guanidine groups is 2. The van der Waals surface area contributed by atoms with Crippen LogP contribution in [0.15, 0.2) is 28.2 Å². The third-order valence-electron chi connectivity index (χ3n) is 18.2. The summed E-state index contributed by atoms with van der Waals surface area (Å²) in [6.07, 6.45) is 8.41. The van der Waals surface area contributed by atoms with Gasteiger partial charge in [-0.05, 0) is 69.6 Å². The Morgan fingerprint density at radius 1 is 0.569 bits per heavy atom. The van der Waals surface area contributed by atoms with E-state index in [0.29, 0.717) is 152 Å². The van der Waals surface area contributed by atoms with Crippen LogP contribution in [-0.4, -0.2) is 295 Å². The van der Waals surface area contributed by atoms with Crippen molar-refractivity contribution < 1.29 is 86.3 Å². The number of carboxylic acids is 1. The number of anilines is 1. The van der Waals surface area contributed by atoms with Crippen molar-refractivity contribution in [3.8, 4) is 0 Å². The van der Waals surface area contributed by atoms with Crippen molar-refractivity contribution in [1.82, 2.24) is 51.5 Å². The highest BCUT2D eigenvalue weighted by atomic mass is 32.2. The second kappa shape index (κ2) is 47.0. The van der Waals surface area contributed by atoms with Gasteiger partial charge in [-0.25, -0.2) is 14.8 Å². The molecule has 3 fully saturated rings. The Bertz CT molecular complexity index is 2820. The Hall–Kier alpha value is -7.41. The summed E-state index contributed by atoms with van der Waals surface area (Å²) in [6, 6.07) is 4.44. The molecule has 0 aliphatic carbocycles. The summed E-state index contributed by atoms with van der Waals surface area (Å²) < 4.78 is 31.4. The predicted molar refractivity (Wildman–Crippen MR) is 383 cm³/mol. The zero-order valence-electron chi connectivity index (χ0n) is 58.9. The highest BCUT2D eigenvalue weighted by molar-refractivity contribution is 8.00. The molecular weight excluding hydrogens is 1370 g/mol. The summed E-state index contributed by atoms with van der Waals surface area (Å²) in [5.74, 6) is -1.74. The van der Waals surface area contributed by atoms with Crippen molar-refractivity contribution in [2.45, 2.75) is 137 Å². The van der Waals surface area contributed by atoms with Gasteiger partial charge >= 0.3 is 23.9 Å². The molecule has 3 saturated heterocycles. The molecule has 5 amide bonds. The number of rotatable bonds is 48. The molecule has 6 rings (SSSR count). The van der Waals surface area contributed by atoms with Gasteiger partial charge in [0.25, 0.3) is 24.8 Å². The maximum atomic E-state index is 13.8. The van der Waals surface area contributed by atoms with Gasteiger partial charge in [0.05, 0.1) is 89.7 Å². The van der Waals surface area contributed by atoms with E-state index in [-0.39, 0.29) is 150 Å². The maximum Gasteiger partial charge on any atom is 0.319 e. The second-order valence-electron chi connectivity index (χ2n) is 25.9. The van der Waals surface area contributed by atoms with Crippen LogP contribution >= 0.6 is 23.5 Å². The van der Waals surface area contributed by atoms with Crippen LogP contribution in [0.3, 0.4) is 0 Å². The molecule has 102 heavy (non-hydrogen) atoms. The van der Waals surface area contributed by atoms with E-state index in [4.69, 9.17) is 39.9 Å². The average Bonchev–Trinajstić information content (AvgIpc) is 1.65. The quantitative estimate of drug-likeness (QED) is 0.0184. The van der Waals surface area contributed by atoms with Gasteiger partial charge < -0.3 is 82.2 Å². The van der Waals surface area contributed by atoms with Crippen molar-refractivity contribution in [2.75, 3.05) is 163 Å². The Morgan fingerprint density at radius 3 is 1.45 bits per heavy atom. The molecule has 1 aromatic carbocycles. The van der Waals surface area contributed by atoms with Crippen molar-refractivity contribution in [3.05, 3.63) is 29.3 Å². The lowest BCUT2D eigenvalue weighted by atomic mass is 9.94. The Balaban J connectivity index is 0.928. The van der Waals surface area contributed by atoms with E-state index < -0.39 is 47.6 Å². The fraction of sp³-hybridized carbons (Fsp3) is 0.716. The number of carbonyl (C=O) groups is 11. The first kappa shape index (κ1) is 83.5. The molecule has 5 heterocycles. The minimum Gasteiger partial charge on any atom is -0.480 e. The van der Waals surface area contributed by atoms with Crippen LogP contribution in [0.1, 0.15) is 123 Å². The van der Waals surface area contributed by atoms with Crippen LogP contribution in [-0.2, 0) is 66.8 Å². The Kier molecular flexibility index (Phi) is 38.5. The number of hydrogen-bond donors (Lipinski definition) is 10. The molecular formula is C67H107N15O18S2. The summed E-state index contributed by atoms with van der Waals surface area (Å²) in [7, 11) is 2.58. The number of hydrogen-bond acceptors (Lipinski definition) is 29. The molecule has 35 heteroatoms. The number of urea groups is 1. The number of fused-ring (bicyclic) bond motifs is 2. The number of ether oxygens (including phenoxy) is 6. The van der Waals surface area contributed by atoms with Gasteiger partial charge in [-0.1, -0.05) is 25.7 Å². The molecule has 0 spiro atoms. The van der Waals surface area contributed by atoms with E-state index in [9.17, 15) is 57.8 Å². The predicted octanol–water partition coefficient (Wildman–Crippen LogP) is 0.483. The van der Waals surface area contributed by atoms with Crippen LogP contribution in [0, 0.1) is 11.8 Å². The van der Waals surface area contributed by atoms with Crippen molar-refractivity contribution in [1.29, 1.82) is 0 Å². The molecule has 0 aromatic heterocycles. The fourth-order valence-electron chi connectivity index (χ4n) is 12.8. The molecule has 5 aliphatic rings. The number of nitrogens with zero attached hydrogens (tertiary/aromatic N) is 6. The maximum absolute atomic E-state index is 13.8. The van der Waals surface area contributed by atoms with E-state index >= 15 is 0 Å². The standard InChI is InChI=1S/C67H107N15O18S2/c1-95-63(92)46(36-51(85)13-3-5-15-55-59-53(40-101-55)75-65(68)77-59)11-7-9-17-71-61(90)48-33-49(62(91)72-18-10-8-12-47(64(93)96-2)37-52(86)14-4-6-16-56-60-54(41-102-56)76-66(69)78-60)35-50(34-48)74-67(94)73-20-30-98-32-31-97-29-19-70-57(87)38-79-21-22-80(39-58(88)89)24-26-82(43-100-45-84)28-27-81(25-23-79)42-99-44-83/h33-35,44-47,53-56,59-60H,3-32,36-43H2,1-2H3,(H,70,87)(H,71,90)(H,72,91)(H,88,89)(H3,68,75,77)(H3,69,76,78)(H2,73,74,94)/t46-,47-,53+,54+,55+,56+,59+,60+/m1/s1. The number of amides is 5. The van der Waals surface area contributed by atoms with Crippen LogP contribution in [0.2, 0.25) is 0 Å². The zero-order chi connectivity index (χ0) is 73.4. The molecule has 0 unspecified atom stereocenters.